The van der Waals surface area contributed by atoms with Gasteiger partial charge < -0.3 is 15.5 Å². The Labute approximate surface area is 151 Å². The molecule has 0 aliphatic carbocycles. The van der Waals surface area contributed by atoms with E-state index in [9.17, 15) is 9.59 Å². The number of piperidine rings is 1. The number of fused-ring (bicyclic) bond motifs is 1. The maximum absolute atomic E-state index is 12.6. The highest BCUT2D eigenvalue weighted by atomic mass is 35.5. The first-order chi connectivity index (χ1) is 12.1. The number of nitrogens with one attached hydrogen (secondary N) is 2. The summed E-state index contributed by atoms with van der Waals surface area (Å²) in [6.07, 6.45) is 1.28. The number of likely N-dealkylation sites (tertiary alicyclic amines) is 1. The third kappa shape index (κ3) is 2.96. The predicted octanol–water partition coefficient (Wildman–Crippen LogP) is 3.13. The summed E-state index contributed by atoms with van der Waals surface area (Å²) in [6.45, 7) is 1.16. The number of carbonyl (C=O) groups excluding carboxylic acids is 2. The van der Waals surface area contributed by atoms with Crippen LogP contribution in [0.2, 0.25) is 5.02 Å². The van der Waals surface area contributed by atoms with Crippen molar-refractivity contribution < 1.29 is 9.59 Å². The van der Waals surface area contributed by atoms with Crippen LogP contribution in [0.1, 0.15) is 33.6 Å². The van der Waals surface area contributed by atoms with Gasteiger partial charge in [-0.2, -0.15) is 0 Å². The van der Waals surface area contributed by atoms with Crippen molar-refractivity contribution in [3.63, 3.8) is 0 Å². The highest BCUT2D eigenvalue weighted by Crippen LogP contribution is 2.33. The summed E-state index contributed by atoms with van der Waals surface area (Å²) in [7, 11) is 0. The van der Waals surface area contributed by atoms with Crippen molar-refractivity contribution in [1.29, 1.82) is 0 Å². The SMILES string of the molecule is O=C1NC2(CCN(C(=O)c3ccccc3)CC2)Nc2cc(Cl)ccc21. The Hall–Kier alpha value is -2.53. The Morgan fingerprint density at radius 2 is 1.76 bits per heavy atom. The van der Waals surface area contributed by atoms with Gasteiger partial charge in [0.25, 0.3) is 11.8 Å². The second-order valence-electron chi connectivity index (χ2n) is 6.51. The van der Waals surface area contributed by atoms with Gasteiger partial charge in [0.15, 0.2) is 0 Å². The third-order valence-electron chi connectivity index (χ3n) is 4.88. The molecule has 0 unspecified atom stereocenters. The van der Waals surface area contributed by atoms with E-state index in [1.807, 2.05) is 35.2 Å². The summed E-state index contributed by atoms with van der Waals surface area (Å²) in [6, 6.07) is 14.5. The lowest BCUT2D eigenvalue weighted by molar-refractivity contribution is 0.0639. The minimum atomic E-state index is -0.526. The molecule has 0 atom stereocenters. The first kappa shape index (κ1) is 16.0. The number of amides is 2. The van der Waals surface area contributed by atoms with Gasteiger partial charge in [0.1, 0.15) is 5.66 Å². The average Bonchev–Trinajstić information content (AvgIpc) is 2.62. The second kappa shape index (κ2) is 6.08. The first-order valence-corrected chi connectivity index (χ1v) is 8.69. The minimum absolute atomic E-state index is 0.0287. The van der Waals surface area contributed by atoms with Crippen molar-refractivity contribution in [1.82, 2.24) is 10.2 Å². The molecule has 128 valence electrons. The number of hydrogen-bond donors (Lipinski definition) is 2. The lowest BCUT2D eigenvalue weighted by Gasteiger charge is -2.45. The fourth-order valence-corrected chi connectivity index (χ4v) is 3.67. The molecular weight excluding hydrogens is 338 g/mol. The van der Waals surface area contributed by atoms with E-state index < -0.39 is 5.66 Å². The van der Waals surface area contributed by atoms with Crippen LogP contribution in [0.5, 0.6) is 0 Å². The summed E-state index contributed by atoms with van der Waals surface area (Å²) >= 11 is 6.06. The fourth-order valence-electron chi connectivity index (χ4n) is 3.50. The first-order valence-electron chi connectivity index (χ1n) is 8.31. The zero-order valence-electron chi connectivity index (χ0n) is 13.6. The van der Waals surface area contributed by atoms with Gasteiger partial charge in [-0.25, -0.2) is 0 Å². The van der Waals surface area contributed by atoms with Crippen molar-refractivity contribution in [2.75, 3.05) is 18.4 Å². The topological polar surface area (TPSA) is 61.4 Å². The van der Waals surface area contributed by atoms with E-state index in [0.717, 1.165) is 5.69 Å². The van der Waals surface area contributed by atoms with Gasteiger partial charge in [-0.15, -0.1) is 0 Å². The molecule has 1 fully saturated rings. The molecule has 0 bridgehead atoms. The van der Waals surface area contributed by atoms with Crippen molar-refractivity contribution in [3.8, 4) is 0 Å². The molecule has 2 aromatic rings. The van der Waals surface area contributed by atoms with E-state index in [-0.39, 0.29) is 11.8 Å². The van der Waals surface area contributed by atoms with Crippen LogP contribution in [0.25, 0.3) is 0 Å². The van der Waals surface area contributed by atoms with Crippen LogP contribution >= 0.6 is 11.6 Å². The van der Waals surface area contributed by atoms with Gasteiger partial charge in [0, 0.05) is 36.5 Å². The Balaban J connectivity index is 1.50. The van der Waals surface area contributed by atoms with Gasteiger partial charge in [0.05, 0.1) is 11.3 Å². The summed E-state index contributed by atoms with van der Waals surface area (Å²) in [5.74, 6) is -0.0747. The summed E-state index contributed by atoms with van der Waals surface area (Å²) in [4.78, 5) is 26.8. The van der Waals surface area contributed by atoms with E-state index in [1.165, 1.54) is 0 Å². The monoisotopic (exact) mass is 355 g/mol. The Morgan fingerprint density at radius 3 is 2.48 bits per heavy atom. The summed E-state index contributed by atoms with van der Waals surface area (Å²) in [5.41, 5.74) is 1.51. The number of anilines is 1. The number of halogens is 1. The van der Waals surface area contributed by atoms with Crippen molar-refractivity contribution >= 4 is 29.1 Å². The van der Waals surface area contributed by atoms with Gasteiger partial charge >= 0.3 is 0 Å². The maximum atomic E-state index is 12.6. The molecule has 25 heavy (non-hydrogen) atoms. The Kier molecular flexibility index (Phi) is 3.88. The average molecular weight is 356 g/mol. The van der Waals surface area contributed by atoms with E-state index >= 15 is 0 Å². The minimum Gasteiger partial charge on any atom is -0.362 e. The van der Waals surface area contributed by atoms with Crippen molar-refractivity contribution in [2.24, 2.45) is 0 Å². The molecule has 5 nitrogen and oxygen atoms in total. The molecule has 2 aliphatic rings. The Morgan fingerprint density at radius 1 is 1.04 bits per heavy atom. The number of rotatable bonds is 1. The Bertz CT molecular complexity index is 830. The molecule has 6 heteroatoms. The summed E-state index contributed by atoms with van der Waals surface area (Å²) < 4.78 is 0. The van der Waals surface area contributed by atoms with Crippen LogP contribution in [0, 0.1) is 0 Å². The zero-order chi connectivity index (χ0) is 17.4. The molecule has 0 radical (unpaired) electrons. The van der Waals surface area contributed by atoms with Gasteiger partial charge in [0.2, 0.25) is 0 Å². The molecule has 2 heterocycles. The molecule has 2 aromatic carbocycles. The van der Waals surface area contributed by atoms with Gasteiger partial charge in [-0.1, -0.05) is 29.8 Å². The number of hydrogen-bond acceptors (Lipinski definition) is 3. The van der Waals surface area contributed by atoms with Crippen LogP contribution < -0.4 is 10.6 Å². The van der Waals surface area contributed by atoms with E-state index in [0.29, 0.717) is 42.1 Å². The molecule has 4 rings (SSSR count). The molecule has 2 amide bonds. The van der Waals surface area contributed by atoms with Crippen LogP contribution in [0.3, 0.4) is 0 Å². The number of benzene rings is 2. The van der Waals surface area contributed by atoms with Crippen LogP contribution in [0.15, 0.2) is 48.5 Å². The van der Waals surface area contributed by atoms with Crippen LogP contribution in [0.4, 0.5) is 5.69 Å². The van der Waals surface area contributed by atoms with E-state index in [4.69, 9.17) is 11.6 Å². The molecular formula is C19H18ClN3O2. The smallest absolute Gasteiger partial charge is 0.255 e. The highest BCUT2D eigenvalue weighted by Gasteiger charge is 2.41. The molecule has 2 aliphatic heterocycles. The summed E-state index contributed by atoms with van der Waals surface area (Å²) in [5, 5.41) is 7.09. The third-order valence-corrected chi connectivity index (χ3v) is 5.11. The fraction of sp³-hybridized carbons (Fsp3) is 0.263. The molecule has 1 saturated heterocycles. The lowest BCUT2D eigenvalue weighted by Crippen LogP contribution is -2.62. The molecule has 1 spiro atoms. The van der Waals surface area contributed by atoms with Gasteiger partial charge in [-0.05, 0) is 30.3 Å². The maximum Gasteiger partial charge on any atom is 0.255 e. The highest BCUT2D eigenvalue weighted by molar-refractivity contribution is 6.31. The number of nitrogens with zero attached hydrogens (tertiary/aromatic N) is 1. The van der Waals surface area contributed by atoms with Crippen LogP contribution in [-0.2, 0) is 0 Å². The molecule has 0 saturated carbocycles. The largest absolute Gasteiger partial charge is 0.362 e. The van der Waals surface area contributed by atoms with E-state index in [2.05, 4.69) is 10.6 Å². The predicted molar refractivity (Wildman–Crippen MR) is 96.9 cm³/mol. The lowest BCUT2D eigenvalue weighted by atomic mass is 9.92. The number of carbonyl (C=O) groups is 2. The van der Waals surface area contributed by atoms with Crippen molar-refractivity contribution in [2.45, 2.75) is 18.5 Å². The normalized spacial score (nSPS) is 18.3. The quantitative estimate of drug-likeness (QED) is 0.826. The standard InChI is InChI=1S/C19H18ClN3O2/c20-14-6-7-15-16(12-14)21-19(22-17(15)24)8-10-23(11-9-19)18(25)13-4-2-1-3-5-13/h1-7,12,21H,8-11H2,(H,22,24). The molecule has 0 aromatic heterocycles. The molecule has 2 N–H and O–H groups in total. The van der Waals surface area contributed by atoms with Crippen LogP contribution in [-0.4, -0.2) is 35.5 Å². The second-order valence-corrected chi connectivity index (χ2v) is 6.95. The van der Waals surface area contributed by atoms with E-state index in [1.54, 1.807) is 18.2 Å². The van der Waals surface area contributed by atoms with Crippen molar-refractivity contribution in [3.05, 3.63) is 64.7 Å². The van der Waals surface area contributed by atoms with Gasteiger partial charge in [-0.3, -0.25) is 9.59 Å². The zero-order valence-corrected chi connectivity index (χ0v) is 14.3.